The number of oxime groups is 1. The number of benzene rings is 2. The lowest BCUT2D eigenvalue weighted by Gasteiger charge is -2.13. The number of carbonyl (C=O) groups excluding carboxylic acids is 1. The Morgan fingerprint density at radius 3 is 2.75 bits per heavy atom. The van der Waals surface area contributed by atoms with E-state index < -0.39 is 6.10 Å². The minimum atomic E-state index is -0.769. The van der Waals surface area contributed by atoms with Gasteiger partial charge in [0, 0.05) is 5.02 Å². The maximum atomic E-state index is 12.2. The minimum absolute atomic E-state index is 0.350. The van der Waals surface area contributed by atoms with Gasteiger partial charge in [0.15, 0.2) is 0 Å². The first kappa shape index (κ1) is 17.8. The van der Waals surface area contributed by atoms with Gasteiger partial charge < -0.3 is 14.9 Å². The van der Waals surface area contributed by atoms with E-state index in [0.717, 1.165) is 11.1 Å². The zero-order chi connectivity index (χ0) is 17.5. The molecule has 2 aromatic rings. The molecule has 0 bridgehead atoms. The van der Waals surface area contributed by atoms with Crippen LogP contribution in [0.5, 0.6) is 5.75 Å². The molecular weight excluding hydrogens is 328 g/mol. The Labute approximate surface area is 146 Å². The van der Waals surface area contributed by atoms with Crippen molar-refractivity contribution < 1.29 is 14.4 Å². The first-order valence-electron chi connectivity index (χ1n) is 7.40. The summed E-state index contributed by atoms with van der Waals surface area (Å²) in [5.41, 5.74) is 2.49. The van der Waals surface area contributed by atoms with Crippen LogP contribution in [0.15, 0.2) is 47.6 Å². The molecule has 126 valence electrons. The Kier molecular flexibility index (Phi) is 6.21. The number of hydrogen-bond donors (Lipinski definition) is 1. The second-order valence-electron chi connectivity index (χ2n) is 5.17. The largest absolute Gasteiger partial charge is 0.495 e. The minimum Gasteiger partial charge on any atom is -0.495 e. The van der Waals surface area contributed by atoms with E-state index in [2.05, 4.69) is 10.5 Å². The van der Waals surface area contributed by atoms with Crippen molar-refractivity contribution in [2.24, 2.45) is 5.16 Å². The molecule has 0 aliphatic rings. The number of carbonyl (C=O) groups is 1. The molecule has 24 heavy (non-hydrogen) atoms. The smallest absolute Gasteiger partial charge is 0.268 e. The van der Waals surface area contributed by atoms with E-state index in [4.69, 9.17) is 21.2 Å². The molecule has 2 rings (SSSR count). The predicted octanol–water partition coefficient (Wildman–Crippen LogP) is 4.03. The molecule has 0 saturated carbocycles. The van der Waals surface area contributed by atoms with E-state index in [1.54, 1.807) is 31.3 Å². The van der Waals surface area contributed by atoms with Crippen LogP contribution in [0.2, 0.25) is 5.02 Å². The molecular formula is C18H19ClN2O3. The second kappa shape index (κ2) is 8.36. The fourth-order valence-electron chi connectivity index (χ4n) is 1.97. The highest BCUT2D eigenvalue weighted by molar-refractivity contribution is 6.31. The van der Waals surface area contributed by atoms with Crippen LogP contribution in [0.3, 0.4) is 0 Å². The summed E-state index contributed by atoms with van der Waals surface area (Å²) in [5.74, 6) is 0.167. The average molecular weight is 347 g/mol. The Morgan fingerprint density at radius 2 is 2.04 bits per heavy atom. The number of halogens is 1. The SMILES string of the molecule is COc1ccc(Cl)cc1NC(=O)[C@H](C)O/N=C\c1ccccc1C. The lowest BCUT2D eigenvalue weighted by Crippen LogP contribution is -2.26. The molecule has 0 heterocycles. The first-order valence-corrected chi connectivity index (χ1v) is 7.78. The third kappa shape index (κ3) is 4.73. The number of anilines is 1. The highest BCUT2D eigenvalue weighted by Crippen LogP contribution is 2.27. The summed E-state index contributed by atoms with van der Waals surface area (Å²) in [6.45, 7) is 3.59. The molecule has 6 heteroatoms. The molecule has 0 spiro atoms. The van der Waals surface area contributed by atoms with Gasteiger partial charge in [-0.1, -0.05) is 41.0 Å². The lowest BCUT2D eigenvalue weighted by molar-refractivity contribution is -0.126. The molecule has 0 fully saturated rings. The molecule has 0 unspecified atom stereocenters. The molecule has 5 nitrogen and oxygen atoms in total. The van der Waals surface area contributed by atoms with Gasteiger partial charge in [0.05, 0.1) is 19.0 Å². The summed E-state index contributed by atoms with van der Waals surface area (Å²) in [6, 6.07) is 12.7. The van der Waals surface area contributed by atoms with Gasteiger partial charge in [-0.25, -0.2) is 0 Å². The number of nitrogens with one attached hydrogen (secondary N) is 1. The van der Waals surface area contributed by atoms with Crippen LogP contribution in [-0.4, -0.2) is 25.3 Å². The standard InChI is InChI=1S/C18H19ClN2O3/c1-12-6-4-5-7-14(12)11-20-24-13(2)18(22)21-16-10-15(19)8-9-17(16)23-3/h4-11,13H,1-3H3,(H,21,22)/b20-11-/t13-/m0/s1. The summed E-state index contributed by atoms with van der Waals surface area (Å²) < 4.78 is 5.19. The highest BCUT2D eigenvalue weighted by Gasteiger charge is 2.16. The number of rotatable bonds is 6. The van der Waals surface area contributed by atoms with Gasteiger partial charge in [-0.15, -0.1) is 0 Å². The van der Waals surface area contributed by atoms with Gasteiger partial charge in [-0.3, -0.25) is 4.79 Å². The number of ether oxygens (including phenoxy) is 1. The molecule has 2 aromatic carbocycles. The van der Waals surface area contributed by atoms with E-state index in [0.29, 0.717) is 16.5 Å². The van der Waals surface area contributed by atoms with Crippen LogP contribution in [-0.2, 0) is 9.63 Å². The molecule has 0 aromatic heterocycles. The fraction of sp³-hybridized carbons (Fsp3) is 0.222. The predicted molar refractivity (Wildman–Crippen MR) is 96.0 cm³/mol. The summed E-state index contributed by atoms with van der Waals surface area (Å²) in [4.78, 5) is 17.4. The van der Waals surface area contributed by atoms with Gasteiger partial charge in [0.2, 0.25) is 6.10 Å². The third-order valence-corrected chi connectivity index (χ3v) is 3.62. The van der Waals surface area contributed by atoms with Crippen LogP contribution in [0.1, 0.15) is 18.1 Å². The van der Waals surface area contributed by atoms with Gasteiger partial charge in [-0.05, 0) is 43.2 Å². The van der Waals surface area contributed by atoms with Crippen LogP contribution < -0.4 is 10.1 Å². The number of hydrogen-bond acceptors (Lipinski definition) is 4. The Bertz CT molecular complexity index is 747. The average Bonchev–Trinajstić information content (AvgIpc) is 2.56. The molecule has 1 amide bonds. The summed E-state index contributed by atoms with van der Waals surface area (Å²) >= 11 is 5.94. The maximum absolute atomic E-state index is 12.2. The van der Waals surface area contributed by atoms with Crippen molar-refractivity contribution in [3.05, 3.63) is 58.6 Å². The summed E-state index contributed by atoms with van der Waals surface area (Å²) in [7, 11) is 1.52. The number of aryl methyl sites for hydroxylation is 1. The van der Waals surface area contributed by atoms with Crippen LogP contribution in [0.4, 0.5) is 5.69 Å². The quantitative estimate of drug-likeness (QED) is 0.634. The van der Waals surface area contributed by atoms with Gasteiger partial charge in [0.25, 0.3) is 5.91 Å². The highest BCUT2D eigenvalue weighted by atomic mass is 35.5. The Balaban J connectivity index is 1.98. The van der Waals surface area contributed by atoms with E-state index in [9.17, 15) is 4.79 Å². The summed E-state index contributed by atoms with van der Waals surface area (Å²) in [5, 5.41) is 7.09. The van der Waals surface area contributed by atoms with Crippen LogP contribution in [0, 0.1) is 6.92 Å². The van der Waals surface area contributed by atoms with Crippen molar-refractivity contribution in [1.82, 2.24) is 0 Å². The fourth-order valence-corrected chi connectivity index (χ4v) is 2.14. The van der Waals surface area contributed by atoms with E-state index in [1.807, 2.05) is 31.2 Å². The Hall–Kier alpha value is -2.53. The van der Waals surface area contributed by atoms with Crippen molar-refractivity contribution >= 4 is 29.4 Å². The molecule has 1 N–H and O–H groups in total. The van der Waals surface area contributed by atoms with Gasteiger partial charge >= 0.3 is 0 Å². The number of nitrogens with zero attached hydrogens (tertiary/aromatic N) is 1. The van der Waals surface area contributed by atoms with Crippen molar-refractivity contribution in [3.8, 4) is 5.75 Å². The van der Waals surface area contributed by atoms with Gasteiger partial charge in [-0.2, -0.15) is 0 Å². The number of methoxy groups -OCH3 is 1. The Morgan fingerprint density at radius 1 is 1.29 bits per heavy atom. The number of amides is 1. The monoisotopic (exact) mass is 346 g/mol. The van der Waals surface area contributed by atoms with Crippen molar-refractivity contribution in [2.45, 2.75) is 20.0 Å². The molecule has 0 aliphatic carbocycles. The van der Waals surface area contributed by atoms with E-state index in [-0.39, 0.29) is 5.91 Å². The lowest BCUT2D eigenvalue weighted by atomic mass is 10.1. The van der Waals surface area contributed by atoms with Crippen LogP contribution in [0.25, 0.3) is 0 Å². The van der Waals surface area contributed by atoms with Crippen molar-refractivity contribution in [3.63, 3.8) is 0 Å². The molecule has 1 atom stereocenters. The van der Waals surface area contributed by atoms with Gasteiger partial charge in [0.1, 0.15) is 5.75 Å². The van der Waals surface area contributed by atoms with Crippen molar-refractivity contribution in [2.75, 3.05) is 12.4 Å². The third-order valence-electron chi connectivity index (χ3n) is 3.39. The van der Waals surface area contributed by atoms with E-state index >= 15 is 0 Å². The zero-order valence-corrected chi connectivity index (χ0v) is 14.5. The molecule has 0 saturated heterocycles. The first-order chi connectivity index (χ1) is 11.5. The maximum Gasteiger partial charge on any atom is 0.268 e. The zero-order valence-electron chi connectivity index (χ0n) is 13.7. The molecule has 0 aliphatic heterocycles. The second-order valence-corrected chi connectivity index (χ2v) is 5.61. The van der Waals surface area contributed by atoms with Crippen molar-refractivity contribution in [1.29, 1.82) is 0 Å². The summed E-state index contributed by atoms with van der Waals surface area (Å²) in [6.07, 6.45) is 0.813. The van der Waals surface area contributed by atoms with Crippen LogP contribution >= 0.6 is 11.6 Å². The molecule has 0 radical (unpaired) electrons. The van der Waals surface area contributed by atoms with E-state index in [1.165, 1.54) is 7.11 Å². The normalized spacial score (nSPS) is 12.0. The topological polar surface area (TPSA) is 59.9 Å².